The van der Waals surface area contributed by atoms with Gasteiger partial charge in [0.15, 0.2) is 5.58 Å². The molecule has 0 radical (unpaired) electrons. The molecule has 0 saturated heterocycles. The van der Waals surface area contributed by atoms with Gasteiger partial charge in [-0.25, -0.2) is 4.79 Å². The van der Waals surface area contributed by atoms with Crippen LogP contribution >= 0.6 is 0 Å². The summed E-state index contributed by atoms with van der Waals surface area (Å²) in [6.07, 6.45) is 0.360. The van der Waals surface area contributed by atoms with Crippen molar-refractivity contribution in [2.45, 2.75) is 32.4 Å². The first-order valence-electron chi connectivity index (χ1n) is 6.13. The number of carboxylic acids is 1. The number of carboxylic acid groups (broad SMARTS) is 1. The van der Waals surface area contributed by atoms with Gasteiger partial charge in [-0.15, -0.1) is 0 Å². The maximum atomic E-state index is 11.6. The van der Waals surface area contributed by atoms with Gasteiger partial charge in [0.05, 0.1) is 5.52 Å². The molecule has 3 N–H and O–H groups in total. The summed E-state index contributed by atoms with van der Waals surface area (Å²) in [5.74, 6) is -1.27. The summed E-state index contributed by atoms with van der Waals surface area (Å²) in [5.41, 5.74) is 7.90. The van der Waals surface area contributed by atoms with E-state index in [1.54, 1.807) is 18.2 Å². The van der Waals surface area contributed by atoms with Crippen molar-refractivity contribution < 1.29 is 14.3 Å². The maximum Gasteiger partial charge on any atom is 0.419 e. The third kappa shape index (κ3) is 2.68. The topological polar surface area (TPSA) is 98.5 Å². The van der Waals surface area contributed by atoms with Gasteiger partial charge < -0.3 is 15.3 Å². The molecular weight excluding hydrogens is 248 g/mol. The molecule has 0 amide bonds. The van der Waals surface area contributed by atoms with Crippen molar-refractivity contribution in [3.8, 4) is 0 Å². The van der Waals surface area contributed by atoms with E-state index in [-0.39, 0.29) is 12.5 Å². The summed E-state index contributed by atoms with van der Waals surface area (Å²) < 4.78 is 6.67. The largest absolute Gasteiger partial charge is 0.481 e. The molecule has 6 heteroatoms. The first-order valence-corrected chi connectivity index (χ1v) is 6.13. The number of rotatable bonds is 5. The van der Waals surface area contributed by atoms with Crippen LogP contribution in [0.3, 0.4) is 0 Å². The molecule has 1 unspecified atom stereocenters. The lowest BCUT2D eigenvalue weighted by Crippen LogP contribution is -2.12. The smallest absolute Gasteiger partial charge is 0.419 e. The van der Waals surface area contributed by atoms with Crippen LogP contribution in [0.25, 0.3) is 11.1 Å². The zero-order valence-electron chi connectivity index (χ0n) is 10.6. The second-order valence-corrected chi connectivity index (χ2v) is 4.38. The summed E-state index contributed by atoms with van der Waals surface area (Å²) in [7, 11) is 0. The summed E-state index contributed by atoms with van der Waals surface area (Å²) in [4.78, 5) is 22.1. The average molecular weight is 264 g/mol. The van der Waals surface area contributed by atoms with E-state index in [0.29, 0.717) is 18.5 Å². The van der Waals surface area contributed by atoms with Crippen molar-refractivity contribution in [1.29, 1.82) is 0 Å². The summed E-state index contributed by atoms with van der Waals surface area (Å²) >= 11 is 0. The van der Waals surface area contributed by atoms with Gasteiger partial charge in [-0.3, -0.25) is 9.36 Å². The predicted octanol–water partition coefficient (Wildman–Crippen LogP) is 1.48. The Bertz CT molecular complexity index is 656. The van der Waals surface area contributed by atoms with E-state index in [4.69, 9.17) is 15.3 Å². The Morgan fingerprint density at radius 1 is 1.53 bits per heavy atom. The number of oxazole rings is 1. The maximum absolute atomic E-state index is 11.6. The van der Waals surface area contributed by atoms with Crippen LogP contribution in [0.15, 0.2) is 27.4 Å². The molecule has 1 aromatic heterocycles. The number of aryl methyl sites for hydroxylation is 1. The van der Waals surface area contributed by atoms with Crippen molar-refractivity contribution in [3.63, 3.8) is 0 Å². The van der Waals surface area contributed by atoms with Gasteiger partial charge in [0.2, 0.25) is 0 Å². The molecule has 0 spiro atoms. The van der Waals surface area contributed by atoms with E-state index in [9.17, 15) is 9.59 Å². The Morgan fingerprint density at radius 2 is 2.26 bits per heavy atom. The molecule has 0 fully saturated rings. The quantitative estimate of drug-likeness (QED) is 0.852. The fraction of sp³-hybridized carbons (Fsp3) is 0.385. The summed E-state index contributed by atoms with van der Waals surface area (Å²) in [6, 6.07) is 4.90. The molecule has 1 heterocycles. The number of aromatic nitrogens is 1. The van der Waals surface area contributed by atoms with E-state index in [0.717, 1.165) is 11.1 Å². The van der Waals surface area contributed by atoms with Crippen molar-refractivity contribution in [3.05, 3.63) is 34.3 Å². The lowest BCUT2D eigenvalue weighted by atomic mass is 10.0. The Kier molecular flexibility index (Phi) is 3.71. The minimum atomic E-state index is -0.875. The minimum absolute atomic E-state index is 0.0130. The first kappa shape index (κ1) is 13.4. The summed E-state index contributed by atoms with van der Waals surface area (Å²) in [5, 5.41) is 8.63. The Hall–Kier alpha value is -2.08. The van der Waals surface area contributed by atoms with E-state index in [1.165, 1.54) is 4.57 Å². The molecule has 2 rings (SSSR count). The number of nitrogens with two attached hydrogens (primary N) is 1. The molecule has 19 heavy (non-hydrogen) atoms. The van der Waals surface area contributed by atoms with Crippen LogP contribution in [-0.4, -0.2) is 15.6 Å². The lowest BCUT2D eigenvalue weighted by Gasteiger charge is -2.10. The van der Waals surface area contributed by atoms with Crippen LogP contribution in [0.2, 0.25) is 0 Å². The van der Waals surface area contributed by atoms with E-state index >= 15 is 0 Å². The molecule has 0 saturated carbocycles. The average Bonchev–Trinajstić information content (AvgIpc) is 2.69. The van der Waals surface area contributed by atoms with E-state index in [1.807, 2.05) is 6.92 Å². The van der Waals surface area contributed by atoms with Crippen LogP contribution in [0.1, 0.15) is 31.4 Å². The molecule has 0 aliphatic carbocycles. The number of hydrogen-bond acceptors (Lipinski definition) is 4. The predicted molar refractivity (Wildman–Crippen MR) is 69.9 cm³/mol. The summed E-state index contributed by atoms with van der Waals surface area (Å²) in [6.45, 7) is 2.40. The van der Waals surface area contributed by atoms with Gasteiger partial charge in [0, 0.05) is 19.0 Å². The zero-order valence-corrected chi connectivity index (χ0v) is 10.6. The highest BCUT2D eigenvalue weighted by molar-refractivity contribution is 5.74. The monoisotopic (exact) mass is 264 g/mol. The molecule has 6 nitrogen and oxygen atoms in total. The molecule has 102 valence electrons. The molecule has 1 aromatic carbocycles. The van der Waals surface area contributed by atoms with Crippen molar-refractivity contribution in [2.24, 2.45) is 5.73 Å². The highest BCUT2D eigenvalue weighted by Gasteiger charge is 2.12. The number of fused-ring (bicyclic) bond motifs is 1. The van der Waals surface area contributed by atoms with Crippen LogP contribution in [0.4, 0.5) is 0 Å². The van der Waals surface area contributed by atoms with Crippen LogP contribution in [-0.2, 0) is 11.3 Å². The van der Waals surface area contributed by atoms with Crippen molar-refractivity contribution in [2.75, 3.05) is 0 Å². The van der Waals surface area contributed by atoms with Crippen LogP contribution < -0.4 is 11.5 Å². The van der Waals surface area contributed by atoms with E-state index < -0.39 is 11.7 Å². The number of hydrogen-bond donors (Lipinski definition) is 2. The Labute approximate surface area is 109 Å². The fourth-order valence-corrected chi connectivity index (χ4v) is 2.06. The number of benzene rings is 1. The zero-order chi connectivity index (χ0) is 14.0. The highest BCUT2D eigenvalue weighted by Crippen LogP contribution is 2.21. The second-order valence-electron chi connectivity index (χ2n) is 4.38. The number of nitrogens with zero attached hydrogens (tertiary/aromatic N) is 1. The Balaban J connectivity index is 2.31. The van der Waals surface area contributed by atoms with Crippen molar-refractivity contribution >= 4 is 17.1 Å². The molecule has 2 aromatic rings. The SMILES string of the molecule is CCn1c(=O)oc2cc(C(N)CCC(=O)O)ccc21. The Morgan fingerprint density at radius 3 is 2.89 bits per heavy atom. The number of carbonyl (C=O) groups is 1. The van der Waals surface area contributed by atoms with Gasteiger partial charge in [-0.05, 0) is 31.0 Å². The van der Waals surface area contributed by atoms with E-state index in [2.05, 4.69) is 0 Å². The lowest BCUT2D eigenvalue weighted by molar-refractivity contribution is -0.137. The van der Waals surface area contributed by atoms with Crippen molar-refractivity contribution in [1.82, 2.24) is 4.57 Å². The third-order valence-electron chi connectivity index (χ3n) is 3.11. The molecule has 0 bridgehead atoms. The van der Waals surface area contributed by atoms with Gasteiger partial charge >= 0.3 is 11.7 Å². The minimum Gasteiger partial charge on any atom is -0.481 e. The normalized spacial score (nSPS) is 12.7. The van der Waals surface area contributed by atoms with Gasteiger partial charge in [-0.2, -0.15) is 0 Å². The van der Waals surface area contributed by atoms with Crippen LogP contribution in [0, 0.1) is 0 Å². The standard InChI is InChI=1S/C13H16N2O4/c1-2-15-10-5-3-8(7-11(10)19-13(15)18)9(14)4-6-12(16)17/h3,5,7,9H,2,4,6,14H2,1H3,(H,16,17). The molecule has 1 atom stereocenters. The third-order valence-corrected chi connectivity index (χ3v) is 3.11. The molecular formula is C13H16N2O4. The highest BCUT2D eigenvalue weighted by atomic mass is 16.4. The molecule has 0 aliphatic heterocycles. The van der Waals surface area contributed by atoms with Gasteiger partial charge in [0.25, 0.3) is 0 Å². The first-order chi connectivity index (χ1) is 9.02. The van der Waals surface area contributed by atoms with Gasteiger partial charge in [0.1, 0.15) is 0 Å². The van der Waals surface area contributed by atoms with Crippen LogP contribution in [0.5, 0.6) is 0 Å². The number of aliphatic carboxylic acids is 1. The molecule has 0 aliphatic rings. The second kappa shape index (κ2) is 5.27. The fourth-order valence-electron chi connectivity index (χ4n) is 2.06. The van der Waals surface area contributed by atoms with Gasteiger partial charge in [-0.1, -0.05) is 6.07 Å².